The quantitative estimate of drug-likeness (QED) is 0.277. The second-order valence-electron chi connectivity index (χ2n) is 4.73. The Kier molecular flexibility index (Phi) is 2.12. The summed E-state index contributed by atoms with van der Waals surface area (Å²) in [5.74, 6) is -6.46. The third-order valence-electron chi connectivity index (χ3n) is 3.84. The molecule has 2 atom stereocenters. The van der Waals surface area contributed by atoms with E-state index < -0.39 is 23.3 Å². The molecule has 0 aliphatic heterocycles. The predicted octanol–water partition coefficient (Wildman–Crippen LogP) is 4.16. The molecule has 0 aromatic heterocycles. The molecule has 0 N–H and O–H groups in total. The number of benzene rings is 1. The summed E-state index contributed by atoms with van der Waals surface area (Å²) in [6, 6.07) is 0. The fraction of sp³-hybridized carbons (Fsp3) is 0.385. The maximum absolute atomic E-state index is 13.7. The highest BCUT2D eigenvalue weighted by molar-refractivity contribution is 5.49. The van der Waals surface area contributed by atoms with E-state index >= 15 is 0 Å². The number of allylic oxidation sites excluding steroid dienone is 2. The van der Waals surface area contributed by atoms with Gasteiger partial charge in [0.2, 0.25) is 0 Å². The van der Waals surface area contributed by atoms with Crippen molar-refractivity contribution in [3.05, 3.63) is 46.0 Å². The van der Waals surface area contributed by atoms with Crippen molar-refractivity contribution in [2.75, 3.05) is 0 Å². The molecule has 1 aromatic carbocycles. The van der Waals surface area contributed by atoms with Crippen LogP contribution >= 0.6 is 0 Å². The van der Waals surface area contributed by atoms with Gasteiger partial charge in [-0.25, -0.2) is 17.6 Å². The van der Waals surface area contributed by atoms with Gasteiger partial charge in [0.05, 0.1) is 0 Å². The highest BCUT2D eigenvalue weighted by Gasteiger charge is 2.39. The lowest BCUT2D eigenvalue weighted by Gasteiger charge is -2.37. The minimum Gasteiger partial charge on any atom is -0.203 e. The van der Waals surface area contributed by atoms with E-state index in [1.54, 1.807) is 0 Å². The molecule has 0 fully saturated rings. The predicted molar refractivity (Wildman–Crippen MR) is 54.7 cm³/mol. The molecular weight excluding hydrogens is 232 g/mol. The summed E-state index contributed by atoms with van der Waals surface area (Å²) in [6.07, 6.45) is 3.16. The first-order chi connectivity index (χ1) is 8.02. The number of rotatable bonds is 0. The maximum Gasteiger partial charge on any atom is 0.197 e. The molecule has 3 aliphatic carbocycles. The van der Waals surface area contributed by atoms with Crippen LogP contribution in [0.3, 0.4) is 0 Å². The zero-order chi connectivity index (χ0) is 12.3. The fourth-order valence-corrected chi connectivity index (χ4v) is 3.06. The fourth-order valence-electron chi connectivity index (χ4n) is 3.06. The first kappa shape index (κ1) is 10.8. The highest BCUT2D eigenvalue weighted by atomic mass is 19.2. The summed E-state index contributed by atoms with van der Waals surface area (Å²) < 4.78 is 53.9. The Hall–Kier alpha value is -1.32. The largest absolute Gasteiger partial charge is 0.203 e. The second kappa shape index (κ2) is 3.34. The van der Waals surface area contributed by atoms with Gasteiger partial charge in [-0.2, -0.15) is 0 Å². The Morgan fingerprint density at radius 1 is 0.882 bits per heavy atom. The van der Waals surface area contributed by atoms with Crippen molar-refractivity contribution >= 4 is 0 Å². The van der Waals surface area contributed by atoms with Gasteiger partial charge in [-0.15, -0.1) is 0 Å². The van der Waals surface area contributed by atoms with E-state index in [1.807, 2.05) is 13.0 Å². The average Bonchev–Trinajstić information content (AvgIpc) is 2.33. The van der Waals surface area contributed by atoms with E-state index in [1.165, 1.54) is 0 Å². The summed E-state index contributed by atoms with van der Waals surface area (Å²) in [4.78, 5) is 0. The Morgan fingerprint density at radius 3 is 2.06 bits per heavy atom. The number of halogens is 4. The van der Waals surface area contributed by atoms with Gasteiger partial charge < -0.3 is 0 Å². The van der Waals surface area contributed by atoms with Crippen LogP contribution in [-0.4, -0.2) is 0 Å². The van der Waals surface area contributed by atoms with Gasteiger partial charge >= 0.3 is 0 Å². The molecule has 2 unspecified atom stereocenters. The maximum atomic E-state index is 13.7. The first-order valence-electron chi connectivity index (χ1n) is 5.56. The van der Waals surface area contributed by atoms with Gasteiger partial charge in [0, 0.05) is 23.0 Å². The third-order valence-corrected chi connectivity index (χ3v) is 3.84. The Balaban J connectivity index is 2.37. The van der Waals surface area contributed by atoms with E-state index in [-0.39, 0.29) is 23.0 Å². The number of hydrogen-bond donors (Lipinski definition) is 0. The van der Waals surface area contributed by atoms with Crippen LogP contribution in [0.5, 0.6) is 0 Å². The van der Waals surface area contributed by atoms with E-state index in [0.29, 0.717) is 12.8 Å². The first-order valence-corrected chi connectivity index (χ1v) is 5.56. The summed E-state index contributed by atoms with van der Waals surface area (Å²) in [6.45, 7) is 1.82. The standard InChI is InChI=1S/C13H10F4/c1-5-4-6-2-3-7(5)9-8(6)10(14)12(16)13(17)11(9)15/h4,6-7H,2-3H2,1H3. The van der Waals surface area contributed by atoms with Gasteiger partial charge in [-0.1, -0.05) is 11.6 Å². The second-order valence-corrected chi connectivity index (χ2v) is 4.73. The normalized spacial score (nSPS) is 25.8. The molecule has 2 bridgehead atoms. The molecule has 0 heterocycles. The Labute approximate surface area is 95.9 Å². The Bertz CT molecular complexity index is 545. The van der Waals surface area contributed by atoms with Gasteiger partial charge in [0.25, 0.3) is 0 Å². The Morgan fingerprint density at radius 2 is 1.47 bits per heavy atom. The molecule has 0 spiro atoms. The van der Waals surface area contributed by atoms with E-state index in [2.05, 4.69) is 0 Å². The molecule has 0 nitrogen and oxygen atoms in total. The SMILES string of the molecule is CC1=CC2CCC1c1c(F)c(F)c(F)c(F)c12. The van der Waals surface area contributed by atoms with Crippen LogP contribution in [0.2, 0.25) is 0 Å². The van der Waals surface area contributed by atoms with Crippen molar-refractivity contribution < 1.29 is 17.6 Å². The van der Waals surface area contributed by atoms with E-state index in [9.17, 15) is 17.6 Å². The van der Waals surface area contributed by atoms with Crippen LogP contribution in [0.1, 0.15) is 42.7 Å². The molecule has 3 aliphatic rings. The van der Waals surface area contributed by atoms with Crippen LogP contribution < -0.4 is 0 Å². The van der Waals surface area contributed by atoms with E-state index in [0.717, 1.165) is 5.57 Å². The zero-order valence-electron chi connectivity index (χ0n) is 9.16. The molecule has 17 heavy (non-hydrogen) atoms. The number of hydrogen-bond acceptors (Lipinski definition) is 0. The molecule has 90 valence electrons. The molecular formula is C13H10F4. The van der Waals surface area contributed by atoms with Crippen LogP contribution in [0.15, 0.2) is 11.6 Å². The van der Waals surface area contributed by atoms with Gasteiger partial charge in [-0.05, 0) is 19.8 Å². The van der Waals surface area contributed by atoms with Crippen LogP contribution in [0, 0.1) is 23.3 Å². The minimum atomic E-state index is -1.69. The molecule has 0 amide bonds. The molecule has 0 radical (unpaired) electrons. The van der Waals surface area contributed by atoms with E-state index in [4.69, 9.17) is 0 Å². The molecule has 1 aromatic rings. The molecule has 4 heteroatoms. The summed E-state index contributed by atoms with van der Waals surface area (Å²) >= 11 is 0. The van der Waals surface area contributed by atoms with Crippen LogP contribution in [0.4, 0.5) is 17.6 Å². The van der Waals surface area contributed by atoms with Crippen molar-refractivity contribution in [1.29, 1.82) is 0 Å². The lowest BCUT2D eigenvalue weighted by atomic mass is 9.67. The molecule has 4 rings (SSSR count). The van der Waals surface area contributed by atoms with Crippen LogP contribution in [-0.2, 0) is 0 Å². The van der Waals surface area contributed by atoms with Crippen LogP contribution in [0.25, 0.3) is 0 Å². The third kappa shape index (κ3) is 1.24. The zero-order valence-corrected chi connectivity index (χ0v) is 9.16. The van der Waals surface area contributed by atoms with Crippen molar-refractivity contribution in [3.8, 4) is 0 Å². The average molecular weight is 242 g/mol. The minimum absolute atomic E-state index is 0.0169. The molecule has 0 saturated heterocycles. The molecule has 0 saturated carbocycles. The van der Waals surface area contributed by atoms with Crippen molar-refractivity contribution in [2.45, 2.75) is 31.6 Å². The van der Waals surface area contributed by atoms with Crippen molar-refractivity contribution in [1.82, 2.24) is 0 Å². The lowest BCUT2D eigenvalue weighted by molar-refractivity contribution is 0.375. The van der Waals surface area contributed by atoms with Gasteiger partial charge in [-0.3, -0.25) is 0 Å². The lowest BCUT2D eigenvalue weighted by Crippen LogP contribution is -2.25. The summed E-state index contributed by atoms with van der Waals surface area (Å²) in [5.41, 5.74) is 0.957. The van der Waals surface area contributed by atoms with Gasteiger partial charge in [0.1, 0.15) is 0 Å². The summed E-state index contributed by atoms with van der Waals surface area (Å²) in [5, 5.41) is 0. The highest BCUT2D eigenvalue weighted by Crippen LogP contribution is 2.51. The monoisotopic (exact) mass is 242 g/mol. The smallest absolute Gasteiger partial charge is 0.197 e. The summed E-state index contributed by atoms with van der Waals surface area (Å²) in [7, 11) is 0. The van der Waals surface area contributed by atoms with Crippen molar-refractivity contribution in [3.63, 3.8) is 0 Å². The topological polar surface area (TPSA) is 0 Å². The number of fused-ring (bicyclic) bond motifs is 1. The van der Waals surface area contributed by atoms with Gasteiger partial charge in [0.15, 0.2) is 23.3 Å². The van der Waals surface area contributed by atoms with Crippen molar-refractivity contribution in [2.24, 2.45) is 0 Å².